The van der Waals surface area contributed by atoms with Crippen molar-refractivity contribution in [3.8, 4) is 17.6 Å². The van der Waals surface area contributed by atoms with Crippen molar-refractivity contribution in [1.29, 1.82) is 0 Å². The van der Waals surface area contributed by atoms with Gasteiger partial charge >= 0.3 is 0 Å². The second-order valence-corrected chi connectivity index (χ2v) is 5.41. The lowest BCUT2D eigenvalue weighted by molar-refractivity contribution is 0.0635. The van der Waals surface area contributed by atoms with Crippen molar-refractivity contribution in [2.45, 2.75) is 32.1 Å². The summed E-state index contributed by atoms with van der Waals surface area (Å²) in [6.45, 7) is 1.98. The SMILES string of the molecule is OCC#Cc1ccc(OCCOCC2CCCCC2)cc1. The lowest BCUT2D eigenvalue weighted by atomic mass is 9.90. The van der Waals surface area contributed by atoms with Gasteiger partial charge in [-0.15, -0.1) is 0 Å². The van der Waals surface area contributed by atoms with E-state index in [1.54, 1.807) is 0 Å². The number of aliphatic hydroxyl groups is 1. The van der Waals surface area contributed by atoms with Crippen LogP contribution in [0.15, 0.2) is 24.3 Å². The molecule has 0 aromatic heterocycles. The lowest BCUT2D eigenvalue weighted by Crippen LogP contribution is -2.16. The Balaban J connectivity index is 1.59. The van der Waals surface area contributed by atoms with Gasteiger partial charge in [-0.1, -0.05) is 31.1 Å². The lowest BCUT2D eigenvalue weighted by Gasteiger charge is -2.21. The minimum absolute atomic E-state index is 0.114. The molecule has 114 valence electrons. The van der Waals surface area contributed by atoms with E-state index in [9.17, 15) is 0 Å². The maximum Gasteiger partial charge on any atom is 0.119 e. The van der Waals surface area contributed by atoms with E-state index in [2.05, 4.69) is 11.8 Å². The highest BCUT2D eigenvalue weighted by Crippen LogP contribution is 2.23. The van der Waals surface area contributed by atoms with Crippen LogP contribution in [0.5, 0.6) is 5.75 Å². The first-order valence-corrected chi connectivity index (χ1v) is 7.79. The van der Waals surface area contributed by atoms with Crippen LogP contribution in [0.3, 0.4) is 0 Å². The van der Waals surface area contributed by atoms with Crippen LogP contribution in [0.2, 0.25) is 0 Å². The number of rotatable bonds is 6. The van der Waals surface area contributed by atoms with Gasteiger partial charge in [-0.05, 0) is 43.0 Å². The fourth-order valence-electron chi connectivity index (χ4n) is 2.60. The first kappa shape index (κ1) is 15.9. The molecule has 1 aliphatic rings. The van der Waals surface area contributed by atoms with Crippen LogP contribution in [0.4, 0.5) is 0 Å². The Hall–Kier alpha value is -1.50. The molecule has 1 aromatic carbocycles. The van der Waals surface area contributed by atoms with Gasteiger partial charge in [-0.25, -0.2) is 0 Å². The summed E-state index contributed by atoms with van der Waals surface area (Å²) in [4.78, 5) is 0. The van der Waals surface area contributed by atoms with Crippen molar-refractivity contribution < 1.29 is 14.6 Å². The van der Waals surface area contributed by atoms with Crippen LogP contribution in [0.25, 0.3) is 0 Å². The second kappa shape index (κ2) is 9.44. The summed E-state index contributed by atoms with van der Waals surface area (Å²) in [7, 11) is 0. The Labute approximate surface area is 127 Å². The largest absolute Gasteiger partial charge is 0.491 e. The van der Waals surface area contributed by atoms with Gasteiger partial charge in [0.15, 0.2) is 0 Å². The molecule has 21 heavy (non-hydrogen) atoms. The normalized spacial score (nSPS) is 15.3. The minimum atomic E-state index is -0.114. The van der Waals surface area contributed by atoms with Crippen molar-refractivity contribution in [2.24, 2.45) is 5.92 Å². The topological polar surface area (TPSA) is 38.7 Å². The number of benzene rings is 1. The molecule has 3 heteroatoms. The van der Waals surface area contributed by atoms with Crippen LogP contribution in [0, 0.1) is 17.8 Å². The van der Waals surface area contributed by atoms with Crippen LogP contribution in [-0.2, 0) is 4.74 Å². The summed E-state index contributed by atoms with van der Waals surface area (Å²) in [6.07, 6.45) is 6.73. The maximum absolute atomic E-state index is 8.63. The summed E-state index contributed by atoms with van der Waals surface area (Å²) in [5.41, 5.74) is 0.880. The highest BCUT2D eigenvalue weighted by atomic mass is 16.5. The van der Waals surface area contributed by atoms with Gasteiger partial charge in [-0.3, -0.25) is 0 Å². The molecule has 0 atom stereocenters. The van der Waals surface area contributed by atoms with E-state index in [4.69, 9.17) is 14.6 Å². The van der Waals surface area contributed by atoms with Crippen molar-refractivity contribution in [3.05, 3.63) is 29.8 Å². The third-order valence-corrected chi connectivity index (χ3v) is 3.74. The first-order chi connectivity index (χ1) is 10.4. The zero-order valence-electron chi connectivity index (χ0n) is 12.5. The molecule has 1 saturated carbocycles. The first-order valence-electron chi connectivity index (χ1n) is 7.79. The van der Waals surface area contributed by atoms with Gasteiger partial charge < -0.3 is 14.6 Å². The van der Waals surface area contributed by atoms with E-state index in [-0.39, 0.29) is 6.61 Å². The smallest absolute Gasteiger partial charge is 0.119 e. The van der Waals surface area contributed by atoms with E-state index in [0.717, 1.165) is 23.8 Å². The van der Waals surface area contributed by atoms with Gasteiger partial charge in [0.1, 0.15) is 19.0 Å². The van der Waals surface area contributed by atoms with Gasteiger partial charge in [0.05, 0.1) is 6.61 Å². The highest BCUT2D eigenvalue weighted by molar-refractivity contribution is 5.38. The van der Waals surface area contributed by atoms with E-state index >= 15 is 0 Å². The van der Waals surface area contributed by atoms with E-state index < -0.39 is 0 Å². The molecule has 0 heterocycles. The minimum Gasteiger partial charge on any atom is -0.491 e. The fourth-order valence-corrected chi connectivity index (χ4v) is 2.60. The Bertz CT molecular complexity index is 450. The molecule has 0 saturated heterocycles. The molecule has 0 unspecified atom stereocenters. The fraction of sp³-hybridized carbons (Fsp3) is 0.556. The molecular formula is C18H24O3. The molecule has 0 aliphatic heterocycles. The van der Waals surface area contributed by atoms with Crippen molar-refractivity contribution in [3.63, 3.8) is 0 Å². The predicted octanol–water partition coefficient (Wildman–Crippen LogP) is 3.01. The third kappa shape index (κ3) is 6.20. The molecule has 3 nitrogen and oxygen atoms in total. The van der Waals surface area contributed by atoms with Gasteiger partial charge in [0.2, 0.25) is 0 Å². The average molecular weight is 288 g/mol. The molecule has 1 N–H and O–H groups in total. The Kier molecular flexibility index (Phi) is 7.14. The predicted molar refractivity (Wildman–Crippen MR) is 83.3 cm³/mol. The Morgan fingerprint density at radius 3 is 2.52 bits per heavy atom. The summed E-state index contributed by atoms with van der Waals surface area (Å²) in [5, 5.41) is 8.63. The molecular weight excluding hydrogens is 264 g/mol. The number of aliphatic hydroxyl groups excluding tert-OH is 1. The zero-order chi connectivity index (χ0) is 14.8. The number of ether oxygens (including phenoxy) is 2. The van der Waals surface area contributed by atoms with Gasteiger partial charge in [0, 0.05) is 12.2 Å². The van der Waals surface area contributed by atoms with Gasteiger partial charge in [0.25, 0.3) is 0 Å². The third-order valence-electron chi connectivity index (χ3n) is 3.74. The summed E-state index contributed by atoms with van der Waals surface area (Å²) >= 11 is 0. The molecule has 1 aromatic rings. The van der Waals surface area contributed by atoms with E-state index in [1.807, 2.05) is 24.3 Å². The van der Waals surface area contributed by atoms with E-state index in [0.29, 0.717) is 13.2 Å². The Morgan fingerprint density at radius 2 is 1.81 bits per heavy atom. The van der Waals surface area contributed by atoms with Crippen LogP contribution < -0.4 is 4.74 Å². The molecule has 0 bridgehead atoms. The molecule has 0 spiro atoms. The summed E-state index contributed by atoms with van der Waals surface area (Å²) in [5.74, 6) is 7.05. The van der Waals surface area contributed by atoms with Gasteiger partial charge in [-0.2, -0.15) is 0 Å². The standard InChI is InChI=1S/C18H24O3/c19-12-4-7-16-8-10-18(11-9-16)21-14-13-20-15-17-5-2-1-3-6-17/h8-11,17,19H,1-3,5-6,12-15H2. The molecule has 2 rings (SSSR count). The summed E-state index contributed by atoms with van der Waals surface area (Å²) in [6, 6.07) is 7.56. The average Bonchev–Trinajstić information content (AvgIpc) is 2.55. The van der Waals surface area contributed by atoms with E-state index in [1.165, 1.54) is 32.1 Å². The van der Waals surface area contributed by atoms with Crippen molar-refractivity contribution >= 4 is 0 Å². The molecule has 0 amide bonds. The van der Waals surface area contributed by atoms with Crippen LogP contribution in [0.1, 0.15) is 37.7 Å². The molecule has 1 aliphatic carbocycles. The summed E-state index contributed by atoms with van der Waals surface area (Å²) < 4.78 is 11.3. The Morgan fingerprint density at radius 1 is 1.05 bits per heavy atom. The molecule has 0 radical (unpaired) electrons. The van der Waals surface area contributed by atoms with Crippen LogP contribution >= 0.6 is 0 Å². The maximum atomic E-state index is 8.63. The second-order valence-electron chi connectivity index (χ2n) is 5.41. The van der Waals surface area contributed by atoms with Crippen molar-refractivity contribution in [1.82, 2.24) is 0 Å². The monoisotopic (exact) mass is 288 g/mol. The highest BCUT2D eigenvalue weighted by Gasteiger charge is 2.12. The molecule has 1 fully saturated rings. The van der Waals surface area contributed by atoms with Crippen molar-refractivity contribution in [2.75, 3.05) is 26.4 Å². The number of hydrogen-bond donors (Lipinski definition) is 1. The van der Waals surface area contributed by atoms with Crippen LogP contribution in [-0.4, -0.2) is 31.5 Å². The number of hydrogen-bond acceptors (Lipinski definition) is 3. The quantitative estimate of drug-likeness (QED) is 0.646. The zero-order valence-corrected chi connectivity index (χ0v) is 12.5.